The molecule has 136 valence electrons. The van der Waals surface area contributed by atoms with Crippen molar-refractivity contribution < 1.29 is 38.9 Å². The average Bonchev–Trinajstić information content (AvgIpc) is 2.50. The summed E-state index contributed by atoms with van der Waals surface area (Å²) in [5.74, 6) is 0. The first kappa shape index (κ1) is 19.5. The molecule has 0 aromatic heterocycles. The Morgan fingerprint density at radius 1 is 1.17 bits per heavy atom. The van der Waals surface area contributed by atoms with Gasteiger partial charge in [-0.1, -0.05) is 30.3 Å². The van der Waals surface area contributed by atoms with E-state index in [0.717, 1.165) is 5.56 Å². The Morgan fingerprint density at radius 3 is 2.42 bits per heavy atom. The summed E-state index contributed by atoms with van der Waals surface area (Å²) in [7, 11) is -4.83. The molecule has 0 radical (unpaired) electrons. The highest BCUT2D eigenvalue weighted by molar-refractivity contribution is 7.46. The maximum Gasteiger partial charge on any atom is 0.470 e. The van der Waals surface area contributed by atoms with E-state index >= 15 is 0 Å². The normalized spacial score (nSPS) is 29.4. The minimum absolute atomic E-state index is 0.0486. The van der Waals surface area contributed by atoms with E-state index in [2.05, 4.69) is 4.52 Å². The van der Waals surface area contributed by atoms with Crippen LogP contribution in [0.5, 0.6) is 0 Å². The number of hydrogen-bond acceptors (Lipinski definition) is 6. The molecule has 24 heavy (non-hydrogen) atoms. The maximum atomic E-state index is 11.1. The number of aliphatic hydroxyl groups is 3. The first-order chi connectivity index (χ1) is 11.3. The standard InChI is InChI=1S/C15H23O8P/c16-9-12(6-10-4-2-1-3-5-10)22-14-8-11(17)7-13(18)15(14)23-24(19,20)21/h1-5,11-18H,6-9H2,(H2,19,20,21)/t11-,12+,13-,14-,15-/m1/s1. The molecule has 0 bridgehead atoms. The average molecular weight is 362 g/mol. The predicted molar refractivity (Wildman–Crippen MR) is 84.1 cm³/mol. The second-order valence-electron chi connectivity index (χ2n) is 5.92. The van der Waals surface area contributed by atoms with Crippen LogP contribution >= 0.6 is 7.82 Å². The minimum atomic E-state index is -4.83. The molecule has 2 rings (SSSR count). The molecule has 1 saturated carbocycles. The van der Waals surface area contributed by atoms with Crippen molar-refractivity contribution in [2.24, 2.45) is 0 Å². The van der Waals surface area contributed by atoms with Gasteiger partial charge in [-0.15, -0.1) is 0 Å². The Labute approximate surface area is 139 Å². The second-order valence-corrected chi connectivity index (χ2v) is 7.11. The summed E-state index contributed by atoms with van der Waals surface area (Å²) >= 11 is 0. The molecule has 1 fully saturated rings. The van der Waals surface area contributed by atoms with Crippen LogP contribution in [0, 0.1) is 0 Å². The van der Waals surface area contributed by atoms with Gasteiger partial charge in [0.15, 0.2) is 0 Å². The highest BCUT2D eigenvalue weighted by Crippen LogP contribution is 2.42. The van der Waals surface area contributed by atoms with Crippen LogP contribution in [0.4, 0.5) is 0 Å². The summed E-state index contributed by atoms with van der Waals surface area (Å²) in [6, 6.07) is 9.27. The van der Waals surface area contributed by atoms with Crippen molar-refractivity contribution >= 4 is 7.82 Å². The Bertz CT molecular complexity index is 548. The third kappa shape index (κ3) is 5.91. The summed E-state index contributed by atoms with van der Waals surface area (Å²) in [4.78, 5) is 18.0. The van der Waals surface area contributed by atoms with Crippen LogP contribution in [0.3, 0.4) is 0 Å². The lowest BCUT2D eigenvalue weighted by molar-refractivity contribution is -0.159. The highest BCUT2D eigenvalue weighted by atomic mass is 31.2. The van der Waals surface area contributed by atoms with Crippen molar-refractivity contribution in [2.75, 3.05) is 6.61 Å². The van der Waals surface area contributed by atoms with Crippen molar-refractivity contribution in [3.05, 3.63) is 35.9 Å². The van der Waals surface area contributed by atoms with Crippen LogP contribution in [0.1, 0.15) is 18.4 Å². The summed E-state index contributed by atoms with van der Waals surface area (Å²) < 4.78 is 21.5. The van der Waals surface area contributed by atoms with Gasteiger partial charge in [-0.25, -0.2) is 4.57 Å². The Balaban J connectivity index is 2.07. The fraction of sp³-hybridized carbons (Fsp3) is 0.600. The zero-order valence-corrected chi connectivity index (χ0v) is 13.9. The maximum absolute atomic E-state index is 11.1. The van der Waals surface area contributed by atoms with Crippen LogP contribution in [0.15, 0.2) is 30.3 Å². The molecule has 1 aromatic rings. The fourth-order valence-electron chi connectivity index (χ4n) is 2.87. The second kappa shape index (κ2) is 8.51. The molecule has 0 heterocycles. The van der Waals surface area contributed by atoms with Gasteiger partial charge in [0.2, 0.25) is 0 Å². The van der Waals surface area contributed by atoms with Gasteiger partial charge >= 0.3 is 7.82 Å². The van der Waals surface area contributed by atoms with Gasteiger partial charge in [-0.2, -0.15) is 0 Å². The van der Waals surface area contributed by atoms with E-state index in [1.165, 1.54) is 0 Å². The van der Waals surface area contributed by atoms with Crippen molar-refractivity contribution in [1.29, 1.82) is 0 Å². The molecule has 0 spiro atoms. The number of phosphoric acid groups is 1. The summed E-state index contributed by atoms with van der Waals surface area (Å²) in [5.41, 5.74) is 0.918. The smallest absolute Gasteiger partial charge is 0.394 e. The van der Waals surface area contributed by atoms with Crippen LogP contribution < -0.4 is 0 Å². The first-order valence-electron chi connectivity index (χ1n) is 7.69. The van der Waals surface area contributed by atoms with E-state index in [1.807, 2.05) is 30.3 Å². The monoisotopic (exact) mass is 362 g/mol. The molecule has 0 amide bonds. The van der Waals surface area contributed by atoms with Crippen molar-refractivity contribution in [1.82, 2.24) is 0 Å². The van der Waals surface area contributed by atoms with Gasteiger partial charge in [0.05, 0.1) is 31.0 Å². The van der Waals surface area contributed by atoms with Crippen LogP contribution in [0.2, 0.25) is 0 Å². The zero-order chi connectivity index (χ0) is 17.7. The summed E-state index contributed by atoms with van der Waals surface area (Å²) in [6.45, 7) is -0.319. The van der Waals surface area contributed by atoms with E-state index in [0.29, 0.717) is 6.42 Å². The molecule has 1 aliphatic rings. The number of aliphatic hydroxyl groups excluding tert-OH is 3. The SMILES string of the molecule is O=P(O)(O)O[C@@H]1[C@H](O)C[C@@H](O)C[C@H]1O[C@H](CO)Cc1ccccc1. The van der Waals surface area contributed by atoms with E-state index < -0.39 is 38.3 Å². The topological polar surface area (TPSA) is 137 Å². The Kier molecular flexibility index (Phi) is 6.91. The van der Waals surface area contributed by atoms with Crippen LogP contribution in [-0.2, 0) is 20.2 Å². The lowest BCUT2D eigenvalue weighted by atomic mass is 9.89. The lowest BCUT2D eigenvalue weighted by Crippen LogP contribution is -2.50. The van der Waals surface area contributed by atoms with Gasteiger partial charge in [-0.3, -0.25) is 4.52 Å². The van der Waals surface area contributed by atoms with Gasteiger partial charge in [0.25, 0.3) is 0 Å². The molecule has 5 N–H and O–H groups in total. The zero-order valence-electron chi connectivity index (χ0n) is 13.0. The molecule has 1 aromatic carbocycles. The predicted octanol–water partition coefficient (Wildman–Crippen LogP) is -0.0313. The summed E-state index contributed by atoms with van der Waals surface area (Å²) in [5, 5.41) is 29.3. The lowest BCUT2D eigenvalue weighted by Gasteiger charge is -2.38. The Morgan fingerprint density at radius 2 is 1.83 bits per heavy atom. The number of hydrogen-bond donors (Lipinski definition) is 5. The van der Waals surface area contributed by atoms with E-state index in [4.69, 9.17) is 14.5 Å². The largest absolute Gasteiger partial charge is 0.470 e. The van der Waals surface area contributed by atoms with Crippen molar-refractivity contribution in [3.63, 3.8) is 0 Å². The van der Waals surface area contributed by atoms with Gasteiger partial charge in [0, 0.05) is 19.3 Å². The van der Waals surface area contributed by atoms with E-state index in [-0.39, 0.29) is 19.4 Å². The first-order valence-corrected chi connectivity index (χ1v) is 9.22. The van der Waals surface area contributed by atoms with Crippen molar-refractivity contribution in [2.45, 2.75) is 49.8 Å². The van der Waals surface area contributed by atoms with E-state index in [1.54, 1.807) is 0 Å². The molecular weight excluding hydrogens is 339 g/mol. The molecule has 9 heteroatoms. The number of ether oxygens (including phenoxy) is 1. The molecule has 1 aliphatic carbocycles. The molecule has 5 atom stereocenters. The molecule has 0 unspecified atom stereocenters. The molecular formula is C15H23O8P. The fourth-order valence-corrected chi connectivity index (χ4v) is 3.46. The Hall–Kier alpha value is -0.830. The summed E-state index contributed by atoms with van der Waals surface area (Å²) in [6.07, 6.45) is -4.67. The minimum Gasteiger partial charge on any atom is -0.394 e. The molecule has 0 aliphatic heterocycles. The highest BCUT2D eigenvalue weighted by Gasteiger charge is 2.42. The molecule has 0 saturated heterocycles. The number of phosphoric ester groups is 1. The van der Waals surface area contributed by atoms with Gasteiger partial charge < -0.3 is 29.8 Å². The molecule has 8 nitrogen and oxygen atoms in total. The number of benzene rings is 1. The van der Waals surface area contributed by atoms with Gasteiger partial charge in [-0.05, 0) is 5.56 Å². The number of rotatable bonds is 7. The van der Waals surface area contributed by atoms with Crippen LogP contribution in [-0.4, -0.2) is 62.2 Å². The van der Waals surface area contributed by atoms with Gasteiger partial charge in [0.1, 0.15) is 6.10 Å². The van der Waals surface area contributed by atoms with E-state index in [9.17, 15) is 19.9 Å². The third-order valence-corrected chi connectivity index (χ3v) is 4.42. The van der Waals surface area contributed by atoms with Crippen molar-refractivity contribution in [3.8, 4) is 0 Å². The van der Waals surface area contributed by atoms with Crippen LogP contribution in [0.25, 0.3) is 0 Å². The third-order valence-electron chi connectivity index (χ3n) is 3.90. The quantitative estimate of drug-likeness (QED) is 0.427.